The van der Waals surface area contributed by atoms with Gasteiger partial charge in [0.25, 0.3) is 0 Å². The summed E-state index contributed by atoms with van der Waals surface area (Å²) in [7, 11) is 0. The number of rotatable bonds is 5. The molecule has 2 rings (SSSR count). The Kier molecular flexibility index (Phi) is 4.73. The van der Waals surface area contributed by atoms with Gasteiger partial charge in [0.15, 0.2) is 0 Å². The fraction of sp³-hybridized carbons (Fsp3) is 0.750. The lowest BCUT2D eigenvalue weighted by atomic mass is 9.47. The highest BCUT2D eigenvalue weighted by Crippen LogP contribution is 2.61. The Morgan fingerprint density at radius 3 is 2.68 bits per heavy atom. The summed E-state index contributed by atoms with van der Waals surface area (Å²) in [6, 6.07) is 0. The van der Waals surface area contributed by atoms with Gasteiger partial charge in [-0.15, -0.1) is 6.58 Å². The molecule has 0 bridgehead atoms. The van der Waals surface area contributed by atoms with E-state index in [1.165, 1.54) is 18.3 Å². The van der Waals surface area contributed by atoms with E-state index in [0.717, 1.165) is 32.1 Å². The molecule has 2 saturated carbocycles. The standard InChI is InChI=1S/C20H32O2/c1-6-19(4,22)13-10-16-15(2)8-9-17-18(3,14-21)11-7-12-20(16,17)5/h6,14,16-17,22H,1-2,7-13H2,3-5H3/t16-,17-,18+,19-,20+/m0/s1. The smallest absolute Gasteiger partial charge is 0.126 e. The predicted molar refractivity (Wildman–Crippen MR) is 91.5 cm³/mol. The third-order valence-corrected chi connectivity index (χ3v) is 6.71. The van der Waals surface area contributed by atoms with E-state index in [9.17, 15) is 9.90 Å². The normalized spacial score (nSPS) is 41.4. The van der Waals surface area contributed by atoms with Crippen molar-refractivity contribution in [2.45, 2.75) is 71.3 Å². The van der Waals surface area contributed by atoms with Crippen LogP contribution < -0.4 is 0 Å². The van der Waals surface area contributed by atoms with Gasteiger partial charge >= 0.3 is 0 Å². The zero-order chi connectivity index (χ0) is 16.6. The zero-order valence-electron chi connectivity index (χ0n) is 14.5. The molecular formula is C20H32O2. The van der Waals surface area contributed by atoms with Crippen LogP contribution in [-0.4, -0.2) is 17.0 Å². The second-order valence-electron chi connectivity index (χ2n) is 8.39. The second-order valence-corrected chi connectivity index (χ2v) is 8.39. The molecule has 0 aromatic carbocycles. The van der Waals surface area contributed by atoms with Gasteiger partial charge in [0.1, 0.15) is 6.29 Å². The summed E-state index contributed by atoms with van der Waals surface area (Å²) in [6.07, 6.45) is 9.88. The van der Waals surface area contributed by atoms with Gasteiger partial charge in [0, 0.05) is 5.41 Å². The molecule has 0 radical (unpaired) electrons. The molecule has 0 saturated heterocycles. The number of fused-ring (bicyclic) bond motifs is 1. The Bertz CT molecular complexity index is 464. The number of hydrogen-bond donors (Lipinski definition) is 1. The first-order chi connectivity index (χ1) is 10.2. The summed E-state index contributed by atoms with van der Waals surface area (Å²) < 4.78 is 0. The van der Waals surface area contributed by atoms with Crippen LogP contribution in [0.15, 0.2) is 24.8 Å². The summed E-state index contributed by atoms with van der Waals surface area (Å²) >= 11 is 0. The molecule has 0 heterocycles. The van der Waals surface area contributed by atoms with Gasteiger partial charge in [0.05, 0.1) is 5.60 Å². The Morgan fingerprint density at radius 1 is 1.41 bits per heavy atom. The summed E-state index contributed by atoms with van der Waals surface area (Å²) in [5.41, 5.74) is 0.452. The monoisotopic (exact) mass is 304 g/mol. The molecule has 2 heteroatoms. The van der Waals surface area contributed by atoms with E-state index in [0.29, 0.717) is 18.3 Å². The van der Waals surface area contributed by atoms with Crippen LogP contribution in [0.1, 0.15) is 65.7 Å². The van der Waals surface area contributed by atoms with E-state index in [-0.39, 0.29) is 10.8 Å². The Labute approximate surface area is 135 Å². The number of carbonyl (C=O) groups is 1. The maximum atomic E-state index is 11.8. The van der Waals surface area contributed by atoms with Crippen molar-refractivity contribution in [2.75, 3.05) is 0 Å². The fourth-order valence-electron chi connectivity index (χ4n) is 5.21. The molecule has 124 valence electrons. The van der Waals surface area contributed by atoms with Crippen LogP contribution in [0.2, 0.25) is 0 Å². The quantitative estimate of drug-likeness (QED) is 0.591. The Hall–Kier alpha value is -0.890. The molecule has 0 spiro atoms. The number of aldehydes is 1. The van der Waals surface area contributed by atoms with Crippen LogP contribution in [-0.2, 0) is 4.79 Å². The van der Waals surface area contributed by atoms with E-state index >= 15 is 0 Å². The van der Waals surface area contributed by atoms with Gasteiger partial charge in [-0.3, -0.25) is 0 Å². The molecule has 2 aliphatic rings. The van der Waals surface area contributed by atoms with Gasteiger partial charge in [0.2, 0.25) is 0 Å². The van der Waals surface area contributed by atoms with E-state index in [4.69, 9.17) is 0 Å². The first kappa shape index (κ1) is 17.5. The SMILES string of the molecule is C=C[C@](C)(O)CC[C@H]1C(=C)CC[C@@H]2[C@]1(C)CCC[C@]2(C)C=O. The van der Waals surface area contributed by atoms with Crippen LogP contribution in [0.25, 0.3) is 0 Å². The van der Waals surface area contributed by atoms with Crippen molar-refractivity contribution >= 4 is 6.29 Å². The lowest BCUT2D eigenvalue weighted by Gasteiger charge is -2.57. The minimum absolute atomic E-state index is 0.139. The number of aliphatic hydroxyl groups is 1. The molecule has 0 unspecified atom stereocenters. The molecule has 0 aromatic heterocycles. The molecule has 2 nitrogen and oxygen atoms in total. The summed E-state index contributed by atoms with van der Waals surface area (Å²) in [4.78, 5) is 11.8. The molecule has 22 heavy (non-hydrogen) atoms. The van der Waals surface area contributed by atoms with Gasteiger partial charge in [-0.05, 0) is 62.7 Å². The third-order valence-electron chi connectivity index (χ3n) is 6.71. The van der Waals surface area contributed by atoms with Crippen LogP contribution in [0.3, 0.4) is 0 Å². The van der Waals surface area contributed by atoms with Crippen molar-refractivity contribution in [3.8, 4) is 0 Å². The van der Waals surface area contributed by atoms with Gasteiger partial charge in [-0.2, -0.15) is 0 Å². The average molecular weight is 304 g/mol. The first-order valence-corrected chi connectivity index (χ1v) is 8.68. The minimum atomic E-state index is -0.813. The van der Waals surface area contributed by atoms with Crippen LogP contribution >= 0.6 is 0 Å². The number of allylic oxidation sites excluding steroid dienone is 1. The summed E-state index contributed by atoms with van der Waals surface area (Å²) in [5.74, 6) is 0.840. The van der Waals surface area contributed by atoms with Crippen molar-refractivity contribution in [1.82, 2.24) is 0 Å². The Balaban J connectivity index is 2.26. The number of carbonyl (C=O) groups excluding carboxylic acids is 1. The molecule has 0 amide bonds. The topological polar surface area (TPSA) is 37.3 Å². The van der Waals surface area contributed by atoms with E-state index in [1.54, 1.807) is 6.08 Å². The highest BCUT2D eigenvalue weighted by atomic mass is 16.3. The fourth-order valence-corrected chi connectivity index (χ4v) is 5.21. The highest BCUT2D eigenvalue weighted by molar-refractivity contribution is 5.60. The van der Waals surface area contributed by atoms with Gasteiger partial charge in [-0.25, -0.2) is 0 Å². The molecule has 2 fully saturated rings. The first-order valence-electron chi connectivity index (χ1n) is 8.68. The highest BCUT2D eigenvalue weighted by Gasteiger charge is 2.54. The van der Waals surface area contributed by atoms with E-state index in [2.05, 4.69) is 27.0 Å². The van der Waals surface area contributed by atoms with Crippen molar-refractivity contribution in [3.05, 3.63) is 24.8 Å². The summed E-state index contributed by atoms with van der Waals surface area (Å²) in [6.45, 7) is 14.4. The van der Waals surface area contributed by atoms with Crippen molar-refractivity contribution in [2.24, 2.45) is 22.7 Å². The lowest BCUT2D eigenvalue weighted by molar-refractivity contribution is -0.130. The Morgan fingerprint density at radius 2 is 2.09 bits per heavy atom. The molecular weight excluding hydrogens is 272 g/mol. The number of hydrogen-bond acceptors (Lipinski definition) is 2. The molecule has 2 aliphatic carbocycles. The maximum Gasteiger partial charge on any atom is 0.126 e. The van der Waals surface area contributed by atoms with Gasteiger partial charge in [-0.1, -0.05) is 38.5 Å². The minimum Gasteiger partial charge on any atom is -0.386 e. The lowest BCUT2D eigenvalue weighted by Crippen LogP contribution is -2.51. The second kappa shape index (κ2) is 5.96. The molecule has 1 N–H and O–H groups in total. The van der Waals surface area contributed by atoms with E-state index < -0.39 is 5.60 Å². The molecule has 0 aliphatic heterocycles. The van der Waals surface area contributed by atoms with Crippen LogP contribution in [0.4, 0.5) is 0 Å². The van der Waals surface area contributed by atoms with Gasteiger partial charge < -0.3 is 9.90 Å². The molecule has 0 aromatic rings. The van der Waals surface area contributed by atoms with Crippen molar-refractivity contribution in [3.63, 3.8) is 0 Å². The maximum absolute atomic E-state index is 11.8. The average Bonchev–Trinajstić information content (AvgIpc) is 2.46. The third kappa shape index (κ3) is 2.95. The predicted octanol–water partition coefficient (Wildman–Crippen LogP) is 4.68. The summed E-state index contributed by atoms with van der Waals surface area (Å²) in [5, 5.41) is 10.3. The van der Waals surface area contributed by atoms with Crippen molar-refractivity contribution < 1.29 is 9.90 Å². The largest absolute Gasteiger partial charge is 0.386 e. The van der Waals surface area contributed by atoms with Crippen LogP contribution in [0, 0.1) is 22.7 Å². The van der Waals surface area contributed by atoms with Crippen molar-refractivity contribution in [1.29, 1.82) is 0 Å². The zero-order valence-corrected chi connectivity index (χ0v) is 14.5. The molecule has 5 atom stereocenters. The van der Waals surface area contributed by atoms with E-state index in [1.807, 2.05) is 6.92 Å². The van der Waals surface area contributed by atoms with Crippen LogP contribution in [0.5, 0.6) is 0 Å².